The summed E-state index contributed by atoms with van der Waals surface area (Å²) in [7, 11) is -3.76. The Kier molecular flexibility index (Phi) is 11.5. The summed E-state index contributed by atoms with van der Waals surface area (Å²) in [5.41, 5.74) is 0.971. The number of rotatable bonds is 15. The fraction of sp³-hybridized carbons (Fsp3) is 0.500. The monoisotopic (exact) mass is 402 g/mol. The van der Waals surface area contributed by atoms with Gasteiger partial charge in [-0.1, -0.05) is 24.3 Å². The summed E-state index contributed by atoms with van der Waals surface area (Å²) < 4.78 is 49.2. The second-order valence-corrected chi connectivity index (χ2v) is 6.91. The standard InChI is InChI=1S/C18H26O8S/c1-3-18(19)25-14-12-23-10-8-22-9-11-24-13-15-26-27(20,21)17-6-4-16(2)5-7-17/h3-7H,1,8-15H2,2H3. The van der Waals surface area contributed by atoms with Gasteiger partial charge in [-0.25, -0.2) is 4.79 Å². The number of ether oxygens (including phenoxy) is 4. The van der Waals surface area contributed by atoms with Crippen molar-refractivity contribution < 1.29 is 36.3 Å². The molecule has 0 spiro atoms. The van der Waals surface area contributed by atoms with Crippen LogP contribution in [0.4, 0.5) is 0 Å². The molecule has 8 nitrogen and oxygen atoms in total. The number of benzene rings is 1. The van der Waals surface area contributed by atoms with Gasteiger partial charge in [-0.3, -0.25) is 4.18 Å². The van der Waals surface area contributed by atoms with E-state index in [4.69, 9.17) is 23.1 Å². The molecule has 27 heavy (non-hydrogen) atoms. The van der Waals surface area contributed by atoms with Gasteiger partial charge < -0.3 is 18.9 Å². The average Bonchev–Trinajstić information content (AvgIpc) is 2.65. The van der Waals surface area contributed by atoms with E-state index in [0.717, 1.165) is 11.6 Å². The largest absolute Gasteiger partial charge is 0.460 e. The van der Waals surface area contributed by atoms with Gasteiger partial charge in [-0.05, 0) is 19.1 Å². The smallest absolute Gasteiger partial charge is 0.330 e. The third-order valence-electron chi connectivity index (χ3n) is 3.16. The van der Waals surface area contributed by atoms with E-state index in [2.05, 4.69) is 6.58 Å². The van der Waals surface area contributed by atoms with Gasteiger partial charge in [0.25, 0.3) is 10.1 Å². The van der Waals surface area contributed by atoms with Crippen molar-refractivity contribution in [3.05, 3.63) is 42.5 Å². The second kappa shape index (κ2) is 13.4. The minimum absolute atomic E-state index is 0.0667. The van der Waals surface area contributed by atoms with E-state index in [1.54, 1.807) is 12.1 Å². The zero-order valence-corrected chi connectivity index (χ0v) is 16.2. The summed E-state index contributed by atoms with van der Waals surface area (Å²) in [5.74, 6) is -0.484. The molecular weight excluding hydrogens is 376 g/mol. The van der Waals surface area contributed by atoms with Gasteiger partial charge in [-0.2, -0.15) is 8.42 Å². The van der Waals surface area contributed by atoms with Crippen LogP contribution in [0.3, 0.4) is 0 Å². The maximum atomic E-state index is 11.9. The molecule has 0 aliphatic carbocycles. The Bertz CT molecular complexity index is 654. The van der Waals surface area contributed by atoms with Gasteiger partial charge in [0.05, 0.1) is 51.1 Å². The third kappa shape index (κ3) is 10.8. The van der Waals surface area contributed by atoms with E-state index in [-0.39, 0.29) is 31.3 Å². The zero-order valence-electron chi connectivity index (χ0n) is 15.4. The molecule has 0 aliphatic rings. The zero-order chi connectivity index (χ0) is 20.0. The molecule has 0 heterocycles. The van der Waals surface area contributed by atoms with Gasteiger partial charge in [0.1, 0.15) is 6.61 Å². The molecule has 0 fully saturated rings. The van der Waals surface area contributed by atoms with Crippen LogP contribution < -0.4 is 0 Å². The minimum atomic E-state index is -3.76. The molecule has 0 saturated carbocycles. The topological polar surface area (TPSA) is 97.4 Å². The summed E-state index contributed by atoms with van der Waals surface area (Å²) in [4.78, 5) is 10.9. The molecule has 1 aromatic carbocycles. The molecule has 0 bridgehead atoms. The predicted octanol–water partition coefficient (Wildman–Crippen LogP) is 1.48. The number of hydrogen-bond acceptors (Lipinski definition) is 8. The van der Waals surface area contributed by atoms with Crippen LogP contribution in [0.25, 0.3) is 0 Å². The van der Waals surface area contributed by atoms with Crippen molar-refractivity contribution in [2.45, 2.75) is 11.8 Å². The van der Waals surface area contributed by atoms with Crippen LogP contribution in [0.1, 0.15) is 5.56 Å². The molecule has 0 atom stereocenters. The quantitative estimate of drug-likeness (QED) is 0.188. The molecule has 0 aromatic heterocycles. The van der Waals surface area contributed by atoms with Crippen molar-refractivity contribution in [2.75, 3.05) is 52.9 Å². The average molecular weight is 402 g/mol. The van der Waals surface area contributed by atoms with E-state index < -0.39 is 16.1 Å². The van der Waals surface area contributed by atoms with Crippen LogP contribution in [0.2, 0.25) is 0 Å². The first-order valence-electron chi connectivity index (χ1n) is 8.44. The van der Waals surface area contributed by atoms with E-state index in [1.165, 1.54) is 12.1 Å². The van der Waals surface area contributed by atoms with Gasteiger partial charge in [0.15, 0.2) is 0 Å². The highest BCUT2D eigenvalue weighted by molar-refractivity contribution is 7.86. The molecule has 0 unspecified atom stereocenters. The van der Waals surface area contributed by atoms with Crippen LogP contribution in [0.15, 0.2) is 41.8 Å². The lowest BCUT2D eigenvalue weighted by molar-refractivity contribution is -0.139. The van der Waals surface area contributed by atoms with Crippen molar-refractivity contribution in [1.82, 2.24) is 0 Å². The first-order valence-corrected chi connectivity index (χ1v) is 9.85. The fourth-order valence-corrected chi connectivity index (χ4v) is 2.67. The summed E-state index contributed by atoms with van der Waals surface area (Å²) in [5, 5.41) is 0. The molecule has 1 aromatic rings. The third-order valence-corrected chi connectivity index (χ3v) is 4.48. The van der Waals surface area contributed by atoms with Crippen LogP contribution in [-0.4, -0.2) is 67.2 Å². The number of carbonyl (C=O) groups excluding carboxylic acids is 1. The van der Waals surface area contributed by atoms with Crippen LogP contribution >= 0.6 is 0 Å². The highest BCUT2D eigenvalue weighted by atomic mass is 32.2. The summed E-state index contributed by atoms with van der Waals surface area (Å²) in [6.07, 6.45) is 1.09. The number of esters is 1. The Morgan fingerprint density at radius 2 is 1.37 bits per heavy atom. The molecule has 0 radical (unpaired) electrons. The van der Waals surface area contributed by atoms with Crippen molar-refractivity contribution in [3.63, 3.8) is 0 Å². The molecule has 1 rings (SSSR count). The SMILES string of the molecule is C=CC(=O)OCCOCCOCCOCCOS(=O)(=O)c1ccc(C)cc1. The maximum absolute atomic E-state index is 11.9. The summed E-state index contributed by atoms with van der Waals surface area (Å²) >= 11 is 0. The number of aryl methyl sites for hydroxylation is 1. The molecule has 0 N–H and O–H groups in total. The Hall–Kier alpha value is -1.78. The van der Waals surface area contributed by atoms with Gasteiger partial charge in [-0.15, -0.1) is 0 Å². The first kappa shape index (κ1) is 23.3. The molecule has 9 heteroatoms. The molecule has 0 saturated heterocycles. The Morgan fingerprint density at radius 1 is 0.889 bits per heavy atom. The van der Waals surface area contributed by atoms with E-state index in [0.29, 0.717) is 26.4 Å². The Morgan fingerprint density at radius 3 is 1.89 bits per heavy atom. The number of hydrogen-bond donors (Lipinski definition) is 0. The second-order valence-electron chi connectivity index (χ2n) is 5.30. The van der Waals surface area contributed by atoms with Crippen molar-refractivity contribution >= 4 is 16.1 Å². The molecule has 152 valence electrons. The lowest BCUT2D eigenvalue weighted by Gasteiger charge is -2.08. The normalized spacial score (nSPS) is 11.3. The fourth-order valence-electron chi connectivity index (χ4n) is 1.78. The first-order chi connectivity index (χ1) is 13.0. The van der Waals surface area contributed by atoms with Crippen molar-refractivity contribution in [3.8, 4) is 0 Å². The van der Waals surface area contributed by atoms with Crippen LogP contribution in [-0.2, 0) is 38.0 Å². The number of carbonyl (C=O) groups is 1. The highest BCUT2D eigenvalue weighted by Gasteiger charge is 2.14. The summed E-state index contributed by atoms with van der Waals surface area (Å²) in [6.45, 7) is 7.07. The van der Waals surface area contributed by atoms with Crippen LogP contribution in [0.5, 0.6) is 0 Å². The molecule has 0 amide bonds. The van der Waals surface area contributed by atoms with Gasteiger partial charge in [0.2, 0.25) is 0 Å². The van der Waals surface area contributed by atoms with E-state index in [1.807, 2.05) is 6.92 Å². The van der Waals surface area contributed by atoms with Gasteiger partial charge in [0, 0.05) is 6.08 Å². The van der Waals surface area contributed by atoms with Gasteiger partial charge >= 0.3 is 5.97 Å². The van der Waals surface area contributed by atoms with E-state index in [9.17, 15) is 13.2 Å². The maximum Gasteiger partial charge on any atom is 0.330 e. The lowest BCUT2D eigenvalue weighted by Crippen LogP contribution is -2.15. The van der Waals surface area contributed by atoms with Crippen molar-refractivity contribution in [2.24, 2.45) is 0 Å². The Labute approximate surface area is 160 Å². The van der Waals surface area contributed by atoms with E-state index >= 15 is 0 Å². The molecular formula is C18H26O8S. The highest BCUT2D eigenvalue weighted by Crippen LogP contribution is 2.12. The predicted molar refractivity (Wildman–Crippen MR) is 97.9 cm³/mol. The minimum Gasteiger partial charge on any atom is -0.460 e. The van der Waals surface area contributed by atoms with Crippen molar-refractivity contribution in [1.29, 1.82) is 0 Å². The Balaban J connectivity index is 1.95. The summed E-state index contributed by atoms with van der Waals surface area (Å²) in [6, 6.07) is 6.43. The lowest BCUT2D eigenvalue weighted by atomic mass is 10.2. The molecule has 0 aliphatic heterocycles. The van der Waals surface area contributed by atoms with Crippen LogP contribution in [0, 0.1) is 6.92 Å².